The summed E-state index contributed by atoms with van der Waals surface area (Å²) in [5.41, 5.74) is 10.4. The molecule has 0 saturated heterocycles. The number of H-pyrrole nitrogens is 1. The van der Waals surface area contributed by atoms with Gasteiger partial charge in [0.15, 0.2) is 11.2 Å². The van der Waals surface area contributed by atoms with Crippen molar-refractivity contribution in [1.29, 1.82) is 0 Å². The maximum absolute atomic E-state index is 12.1. The number of rotatable bonds is 4. The van der Waals surface area contributed by atoms with Crippen LogP contribution in [0.2, 0.25) is 0 Å². The molecule has 0 aliphatic rings. The first-order valence-electron chi connectivity index (χ1n) is 5.64. The highest BCUT2D eigenvalue weighted by molar-refractivity contribution is 5.91. The van der Waals surface area contributed by atoms with E-state index in [4.69, 9.17) is 16.6 Å². The third kappa shape index (κ3) is 2.49. The van der Waals surface area contributed by atoms with Crippen LogP contribution in [-0.2, 0) is 4.79 Å². The van der Waals surface area contributed by atoms with Crippen molar-refractivity contribution in [2.24, 2.45) is 5.73 Å². The fraction of sp³-hybridized carbons (Fsp3) is 0.300. The lowest BCUT2D eigenvalue weighted by Crippen LogP contribution is -2.35. The minimum Gasteiger partial charge on any atom is -0.481 e. The summed E-state index contributed by atoms with van der Waals surface area (Å²) in [7, 11) is 0. The molecule has 0 aromatic carbocycles. The molecule has 6 N–H and O–H groups in total. The monoisotopic (exact) mass is 280 g/mol. The standard InChI is InChI=1S/C10H12N6O4/c11-4(1-2-5(17)18)9(20)16-3-13-6-7(16)14-10(12)15-8(6)19/h3-4H,1-2,11H2,(H,17,18)(H3,12,14,15,19)/t4-/m0/s1. The molecule has 0 fully saturated rings. The van der Waals surface area contributed by atoms with Crippen molar-refractivity contribution in [3.63, 3.8) is 0 Å². The molecule has 2 rings (SSSR count). The van der Waals surface area contributed by atoms with E-state index in [-0.39, 0.29) is 30.0 Å². The van der Waals surface area contributed by atoms with E-state index in [1.165, 1.54) is 0 Å². The number of carbonyl (C=O) groups excluding carboxylic acids is 1. The maximum Gasteiger partial charge on any atom is 0.303 e. The zero-order chi connectivity index (χ0) is 14.9. The van der Waals surface area contributed by atoms with Crippen molar-refractivity contribution in [3.05, 3.63) is 16.7 Å². The number of aromatic amines is 1. The molecule has 0 bridgehead atoms. The van der Waals surface area contributed by atoms with E-state index in [1.54, 1.807) is 0 Å². The number of imidazole rings is 1. The lowest BCUT2D eigenvalue weighted by Gasteiger charge is -2.09. The molecule has 2 aromatic heterocycles. The Morgan fingerprint density at radius 3 is 2.85 bits per heavy atom. The summed E-state index contributed by atoms with van der Waals surface area (Å²) >= 11 is 0. The summed E-state index contributed by atoms with van der Waals surface area (Å²) in [6, 6.07) is -1.04. The highest BCUT2D eigenvalue weighted by Gasteiger charge is 2.20. The maximum atomic E-state index is 12.1. The fourth-order valence-corrected chi connectivity index (χ4v) is 1.67. The number of aromatic nitrogens is 4. The molecule has 0 saturated carbocycles. The Kier molecular flexibility index (Phi) is 3.48. The van der Waals surface area contributed by atoms with Crippen LogP contribution in [0.15, 0.2) is 11.1 Å². The van der Waals surface area contributed by atoms with Crippen LogP contribution >= 0.6 is 0 Å². The Balaban J connectivity index is 2.35. The molecule has 0 unspecified atom stereocenters. The fourth-order valence-electron chi connectivity index (χ4n) is 1.67. The highest BCUT2D eigenvalue weighted by Crippen LogP contribution is 2.08. The smallest absolute Gasteiger partial charge is 0.303 e. The van der Waals surface area contributed by atoms with Gasteiger partial charge in [-0.05, 0) is 6.42 Å². The van der Waals surface area contributed by atoms with Gasteiger partial charge in [0.1, 0.15) is 6.33 Å². The van der Waals surface area contributed by atoms with Crippen LogP contribution in [0.3, 0.4) is 0 Å². The van der Waals surface area contributed by atoms with E-state index in [9.17, 15) is 14.4 Å². The Bertz CT molecular complexity index is 733. The normalized spacial score (nSPS) is 12.4. The van der Waals surface area contributed by atoms with E-state index >= 15 is 0 Å². The molecule has 20 heavy (non-hydrogen) atoms. The van der Waals surface area contributed by atoms with Crippen LogP contribution in [0.1, 0.15) is 17.6 Å². The number of nitrogens with two attached hydrogens (primary N) is 2. The third-order valence-electron chi connectivity index (χ3n) is 2.65. The molecule has 0 aliphatic carbocycles. The Labute approximate surface area is 111 Å². The van der Waals surface area contributed by atoms with Gasteiger partial charge in [0, 0.05) is 6.42 Å². The van der Waals surface area contributed by atoms with Crippen LogP contribution in [0.5, 0.6) is 0 Å². The van der Waals surface area contributed by atoms with Gasteiger partial charge < -0.3 is 16.6 Å². The van der Waals surface area contributed by atoms with E-state index < -0.39 is 23.5 Å². The second-order valence-corrected chi connectivity index (χ2v) is 4.12. The number of carboxylic acids is 1. The molecule has 0 aliphatic heterocycles. The van der Waals surface area contributed by atoms with Gasteiger partial charge >= 0.3 is 5.97 Å². The van der Waals surface area contributed by atoms with Gasteiger partial charge in [-0.15, -0.1) is 0 Å². The first-order valence-corrected chi connectivity index (χ1v) is 5.64. The average molecular weight is 280 g/mol. The third-order valence-corrected chi connectivity index (χ3v) is 2.65. The molecule has 106 valence electrons. The molecule has 0 spiro atoms. The summed E-state index contributed by atoms with van der Waals surface area (Å²) in [5.74, 6) is -1.81. The van der Waals surface area contributed by atoms with Crippen LogP contribution in [0.25, 0.3) is 11.2 Å². The molecule has 10 nitrogen and oxygen atoms in total. The minimum absolute atomic E-state index is 0.0120. The van der Waals surface area contributed by atoms with Gasteiger partial charge in [-0.3, -0.25) is 23.9 Å². The zero-order valence-electron chi connectivity index (χ0n) is 10.2. The number of anilines is 1. The van der Waals surface area contributed by atoms with Gasteiger partial charge in [-0.1, -0.05) is 0 Å². The van der Waals surface area contributed by atoms with Crippen molar-refractivity contribution >= 4 is 29.0 Å². The van der Waals surface area contributed by atoms with Crippen molar-refractivity contribution in [1.82, 2.24) is 19.5 Å². The van der Waals surface area contributed by atoms with Crippen molar-refractivity contribution < 1.29 is 14.7 Å². The number of carbonyl (C=O) groups is 2. The number of hydrogen-bond donors (Lipinski definition) is 4. The molecular formula is C10H12N6O4. The second-order valence-electron chi connectivity index (χ2n) is 4.12. The first-order chi connectivity index (χ1) is 9.40. The van der Waals surface area contributed by atoms with Gasteiger partial charge in [0.05, 0.1) is 6.04 Å². The molecule has 0 amide bonds. The van der Waals surface area contributed by atoms with Gasteiger partial charge in [-0.25, -0.2) is 4.98 Å². The second kappa shape index (κ2) is 5.09. The number of hydrogen-bond acceptors (Lipinski definition) is 7. The van der Waals surface area contributed by atoms with Crippen molar-refractivity contribution in [2.45, 2.75) is 18.9 Å². The molecule has 1 atom stereocenters. The number of fused-ring (bicyclic) bond motifs is 1. The number of nitrogen functional groups attached to an aromatic ring is 1. The minimum atomic E-state index is -1.05. The summed E-state index contributed by atoms with van der Waals surface area (Å²) in [6.07, 6.45) is 0.831. The lowest BCUT2D eigenvalue weighted by atomic mass is 10.1. The summed E-state index contributed by atoms with van der Waals surface area (Å²) in [4.78, 5) is 43.9. The molecule has 0 radical (unpaired) electrons. The quantitative estimate of drug-likeness (QED) is 0.526. The van der Waals surface area contributed by atoms with Crippen molar-refractivity contribution in [2.75, 3.05) is 5.73 Å². The van der Waals surface area contributed by atoms with Crippen molar-refractivity contribution in [3.8, 4) is 0 Å². The number of nitrogens with zero attached hydrogens (tertiary/aromatic N) is 3. The molecule has 2 heterocycles. The molecule has 10 heteroatoms. The highest BCUT2D eigenvalue weighted by atomic mass is 16.4. The van der Waals surface area contributed by atoms with Crippen LogP contribution in [0, 0.1) is 0 Å². The van der Waals surface area contributed by atoms with Gasteiger partial charge in [0.25, 0.3) is 5.56 Å². The SMILES string of the molecule is Nc1nc2c(ncn2C(=O)[C@@H](N)CCC(=O)O)c(=O)[nH]1. The molecular weight excluding hydrogens is 268 g/mol. The topological polar surface area (TPSA) is 170 Å². The summed E-state index contributed by atoms with van der Waals surface area (Å²) in [5, 5.41) is 8.56. The molecule has 2 aromatic rings. The largest absolute Gasteiger partial charge is 0.481 e. The van der Waals surface area contributed by atoms with E-state index in [0.717, 1.165) is 10.9 Å². The van der Waals surface area contributed by atoms with E-state index in [0.29, 0.717) is 0 Å². The summed E-state index contributed by atoms with van der Waals surface area (Å²) < 4.78 is 0.994. The Morgan fingerprint density at radius 2 is 2.20 bits per heavy atom. The lowest BCUT2D eigenvalue weighted by molar-refractivity contribution is -0.137. The zero-order valence-corrected chi connectivity index (χ0v) is 10.2. The Morgan fingerprint density at radius 1 is 1.50 bits per heavy atom. The van der Waals surface area contributed by atoms with Crippen LogP contribution in [0.4, 0.5) is 5.95 Å². The van der Waals surface area contributed by atoms with Crippen LogP contribution < -0.4 is 17.0 Å². The van der Waals surface area contributed by atoms with Gasteiger partial charge in [0.2, 0.25) is 11.9 Å². The summed E-state index contributed by atoms with van der Waals surface area (Å²) in [6.45, 7) is 0. The van der Waals surface area contributed by atoms with Gasteiger partial charge in [-0.2, -0.15) is 4.98 Å². The predicted octanol–water partition coefficient (Wildman–Crippen LogP) is -1.47. The average Bonchev–Trinajstić information content (AvgIpc) is 2.78. The van der Waals surface area contributed by atoms with E-state index in [1.807, 2.05) is 0 Å². The number of aliphatic carboxylic acids is 1. The predicted molar refractivity (Wildman–Crippen MR) is 68.0 cm³/mol. The number of nitrogens with one attached hydrogen (secondary N) is 1. The van der Waals surface area contributed by atoms with E-state index in [2.05, 4.69) is 15.0 Å². The number of carboxylic acid groups (broad SMARTS) is 1. The first kappa shape index (κ1) is 13.7. The van der Waals surface area contributed by atoms with Crippen LogP contribution in [-0.4, -0.2) is 42.5 Å². The Hall–Kier alpha value is -2.75.